The number of nitrogens with zero attached hydrogens (tertiary/aromatic N) is 4. The lowest BCUT2D eigenvalue weighted by atomic mass is 10.3. The van der Waals surface area contributed by atoms with Crippen molar-refractivity contribution in [2.24, 2.45) is 0 Å². The average molecular weight is 387 g/mol. The van der Waals surface area contributed by atoms with E-state index in [9.17, 15) is 0 Å². The summed E-state index contributed by atoms with van der Waals surface area (Å²) in [6.45, 7) is 0. The van der Waals surface area contributed by atoms with E-state index in [1.807, 2.05) is 47.0 Å². The third-order valence-corrected chi connectivity index (χ3v) is 5.18. The van der Waals surface area contributed by atoms with Crippen molar-refractivity contribution in [3.8, 4) is 5.69 Å². The summed E-state index contributed by atoms with van der Waals surface area (Å²) in [7, 11) is 0. The Balaban J connectivity index is 1.84. The number of fused-ring (bicyclic) bond motifs is 1. The average Bonchev–Trinajstić information content (AvgIpc) is 2.99. The lowest BCUT2D eigenvalue weighted by Gasteiger charge is -2.12. The molecule has 0 fully saturated rings. The van der Waals surface area contributed by atoms with Gasteiger partial charge in [0.15, 0.2) is 5.16 Å². The molecule has 0 spiro atoms. The van der Waals surface area contributed by atoms with Gasteiger partial charge in [-0.05, 0) is 24.3 Å². The lowest BCUT2D eigenvalue weighted by molar-refractivity contribution is 0.915. The molecular formula is C18H12Cl2N4S. The van der Waals surface area contributed by atoms with Crippen LogP contribution in [0.2, 0.25) is 10.0 Å². The van der Waals surface area contributed by atoms with Crippen molar-refractivity contribution in [1.82, 2.24) is 19.5 Å². The molecule has 0 radical (unpaired) electrons. The third kappa shape index (κ3) is 3.23. The molecule has 0 atom stereocenters. The van der Waals surface area contributed by atoms with E-state index in [1.54, 1.807) is 30.4 Å². The maximum Gasteiger partial charge on any atom is 0.174 e. The Kier molecular flexibility index (Phi) is 4.61. The summed E-state index contributed by atoms with van der Waals surface area (Å²) in [6, 6.07) is 13.8. The largest absolute Gasteiger partial charge is 0.284 e. The first-order valence-electron chi connectivity index (χ1n) is 7.53. The van der Waals surface area contributed by atoms with E-state index >= 15 is 0 Å². The predicted octanol–water partition coefficient (Wildman–Crippen LogP) is 5.41. The van der Waals surface area contributed by atoms with Crippen LogP contribution >= 0.6 is 35.0 Å². The van der Waals surface area contributed by atoms with Gasteiger partial charge in [-0.3, -0.25) is 14.5 Å². The molecule has 4 rings (SSSR count). The summed E-state index contributed by atoms with van der Waals surface area (Å²) < 4.78 is 1.98. The highest BCUT2D eigenvalue weighted by molar-refractivity contribution is 7.98. The molecule has 0 bridgehead atoms. The fraction of sp³-hybridized carbons (Fsp3) is 0.0556. The van der Waals surface area contributed by atoms with Crippen LogP contribution < -0.4 is 0 Å². The highest BCUT2D eigenvalue weighted by Crippen LogP contribution is 2.35. The SMILES string of the molecule is Clc1cncc(Cl)c1-n1c(SCc2ccccn2)nc2ccccc21. The lowest BCUT2D eigenvalue weighted by Crippen LogP contribution is -2.00. The van der Waals surface area contributed by atoms with Crippen LogP contribution in [0.25, 0.3) is 16.7 Å². The monoisotopic (exact) mass is 386 g/mol. The standard InChI is InChI=1S/C18H12Cl2N4S/c19-13-9-21-10-14(20)17(13)24-16-7-2-1-6-15(16)23-18(24)25-11-12-5-3-4-8-22-12/h1-10H,11H2. The zero-order valence-corrected chi connectivity index (χ0v) is 15.3. The molecule has 0 aliphatic carbocycles. The minimum Gasteiger partial charge on any atom is -0.284 e. The van der Waals surface area contributed by atoms with Crippen molar-refractivity contribution in [3.05, 3.63) is 76.8 Å². The molecule has 0 saturated heterocycles. The van der Waals surface area contributed by atoms with Gasteiger partial charge in [0.1, 0.15) is 0 Å². The number of pyridine rings is 2. The number of para-hydroxylation sites is 2. The summed E-state index contributed by atoms with van der Waals surface area (Å²) in [5.41, 5.74) is 3.50. The van der Waals surface area contributed by atoms with Crippen molar-refractivity contribution in [2.45, 2.75) is 10.9 Å². The highest BCUT2D eigenvalue weighted by atomic mass is 35.5. The molecule has 1 aromatic carbocycles. The van der Waals surface area contributed by atoms with Gasteiger partial charge in [-0.25, -0.2) is 4.98 Å². The van der Waals surface area contributed by atoms with Crippen molar-refractivity contribution in [1.29, 1.82) is 0 Å². The van der Waals surface area contributed by atoms with Gasteiger partial charge >= 0.3 is 0 Å². The molecule has 0 aliphatic heterocycles. The van der Waals surface area contributed by atoms with Crippen LogP contribution in [0.3, 0.4) is 0 Å². The van der Waals surface area contributed by atoms with Crippen LogP contribution in [-0.2, 0) is 5.75 Å². The van der Waals surface area contributed by atoms with Crippen molar-refractivity contribution in [2.75, 3.05) is 0 Å². The van der Waals surface area contributed by atoms with Gasteiger partial charge in [0.05, 0.1) is 32.5 Å². The predicted molar refractivity (Wildman–Crippen MR) is 103 cm³/mol. The fourth-order valence-electron chi connectivity index (χ4n) is 2.56. The van der Waals surface area contributed by atoms with Gasteiger partial charge in [-0.15, -0.1) is 0 Å². The molecule has 3 heterocycles. The maximum absolute atomic E-state index is 6.39. The zero-order chi connectivity index (χ0) is 17.2. The molecule has 0 N–H and O–H groups in total. The Hall–Kier alpha value is -2.08. The summed E-state index contributed by atoms with van der Waals surface area (Å²) >= 11 is 14.4. The third-order valence-electron chi connectivity index (χ3n) is 3.66. The Labute approximate surface area is 158 Å². The molecule has 0 aliphatic rings. The first kappa shape index (κ1) is 16.4. The van der Waals surface area contributed by atoms with Crippen LogP contribution in [0, 0.1) is 0 Å². The molecule has 25 heavy (non-hydrogen) atoms. The van der Waals surface area contributed by atoms with E-state index in [-0.39, 0.29) is 0 Å². The molecular weight excluding hydrogens is 375 g/mol. The first-order chi connectivity index (χ1) is 12.2. The van der Waals surface area contributed by atoms with E-state index in [2.05, 4.69) is 9.97 Å². The molecule has 3 aromatic heterocycles. The van der Waals surface area contributed by atoms with E-state index in [0.717, 1.165) is 21.9 Å². The van der Waals surface area contributed by atoms with Gasteiger partial charge < -0.3 is 0 Å². The molecule has 124 valence electrons. The molecule has 0 amide bonds. The molecule has 4 nitrogen and oxygen atoms in total. The molecule has 4 aromatic rings. The summed E-state index contributed by atoms with van der Waals surface area (Å²) in [5, 5.41) is 1.77. The van der Waals surface area contributed by atoms with Crippen molar-refractivity contribution < 1.29 is 0 Å². The maximum atomic E-state index is 6.39. The molecule has 0 saturated carbocycles. The topological polar surface area (TPSA) is 43.6 Å². The van der Waals surface area contributed by atoms with Crippen LogP contribution in [0.15, 0.2) is 66.2 Å². The van der Waals surface area contributed by atoms with Crippen LogP contribution in [0.1, 0.15) is 5.69 Å². The van der Waals surface area contributed by atoms with E-state index in [1.165, 1.54) is 0 Å². The number of aromatic nitrogens is 4. The van der Waals surface area contributed by atoms with Crippen molar-refractivity contribution >= 4 is 46.0 Å². The second-order valence-electron chi connectivity index (χ2n) is 5.28. The minimum atomic E-state index is 0.482. The number of halogens is 2. The fourth-order valence-corrected chi connectivity index (χ4v) is 4.02. The first-order valence-corrected chi connectivity index (χ1v) is 9.28. The number of benzene rings is 1. The molecule has 7 heteroatoms. The quantitative estimate of drug-likeness (QED) is 0.439. The smallest absolute Gasteiger partial charge is 0.174 e. The number of thioether (sulfide) groups is 1. The number of hydrogen-bond donors (Lipinski definition) is 0. The van der Waals surface area contributed by atoms with Gasteiger partial charge in [-0.1, -0.05) is 53.2 Å². The second-order valence-corrected chi connectivity index (χ2v) is 7.04. The van der Waals surface area contributed by atoms with Crippen LogP contribution in [0.5, 0.6) is 0 Å². The summed E-state index contributed by atoms with van der Waals surface area (Å²) in [6.07, 6.45) is 4.96. The van der Waals surface area contributed by atoms with E-state index < -0.39 is 0 Å². The molecule has 0 unspecified atom stereocenters. The number of imidazole rings is 1. The summed E-state index contributed by atoms with van der Waals surface area (Å²) in [5.74, 6) is 0.699. The van der Waals surface area contributed by atoms with E-state index in [0.29, 0.717) is 21.5 Å². The zero-order valence-electron chi connectivity index (χ0n) is 12.9. The minimum absolute atomic E-state index is 0.482. The summed E-state index contributed by atoms with van der Waals surface area (Å²) in [4.78, 5) is 13.2. The second kappa shape index (κ2) is 7.04. The highest BCUT2D eigenvalue weighted by Gasteiger charge is 2.18. The van der Waals surface area contributed by atoms with Crippen LogP contribution in [0.4, 0.5) is 0 Å². The Morgan fingerprint density at radius 3 is 2.48 bits per heavy atom. The van der Waals surface area contributed by atoms with E-state index in [4.69, 9.17) is 28.2 Å². The Bertz CT molecular complexity index is 1010. The van der Waals surface area contributed by atoms with Gasteiger partial charge in [0.25, 0.3) is 0 Å². The van der Waals surface area contributed by atoms with Gasteiger partial charge in [0, 0.05) is 24.3 Å². The van der Waals surface area contributed by atoms with Gasteiger partial charge in [-0.2, -0.15) is 0 Å². The number of rotatable bonds is 4. The van der Waals surface area contributed by atoms with Gasteiger partial charge in [0.2, 0.25) is 0 Å². The normalized spacial score (nSPS) is 11.1. The Morgan fingerprint density at radius 2 is 1.72 bits per heavy atom. The number of hydrogen-bond acceptors (Lipinski definition) is 4. The Morgan fingerprint density at radius 1 is 0.960 bits per heavy atom. The van der Waals surface area contributed by atoms with Crippen molar-refractivity contribution in [3.63, 3.8) is 0 Å². The van der Waals surface area contributed by atoms with Crippen LogP contribution in [-0.4, -0.2) is 19.5 Å².